The number of rotatable bonds is 19. The standard InChI is InChI=1S/C25H50N2/c1-4-7-10-11-12-13-14-15-16-17-18-19-22-27-24-23-26(21-9-6-3)25(27)20-8-5-2/h23-25H,4-22H2,1-3H3. The van der Waals surface area contributed by atoms with Crippen molar-refractivity contribution < 1.29 is 0 Å². The van der Waals surface area contributed by atoms with Gasteiger partial charge in [-0.15, -0.1) is 0 Å². The zero-order valence-corrected chi connectivity index (χ0v) is 19.1. The smallest absolute Gasteiger partial charge is 0.101 e. The fourth-order valence-electron chi connectivity index (χ4n) is 4.20. The molecule has 0 amide bonds. The minimum absolute atomic E-state index is 0.643. The van der Waals surface area contributed by atoms with E-state index in [4.69, 9.17) is 0 Å². The summed E-state index contributed by atoms with van der Waals surface area (Å²) in [4.78, 5) is 5.22. The van der Waals surface area contributed by atoms with Gasteiger partial charge in [-0.3, -0.25) is 0 Å². The van der Waals surface area contributed by atoms with E-state index in [1.54, 1.807) is 0 Å². The second-order valence-electron chi connectivity index (χ2n) is 8.64. The SMILES string of the molecule is CCCCCCCCCCCCCCN1C=CN(CCCC)C1CCCC. The van der Waals surface area contributed by atoms with Gasteiger partial charge in [0, 0.05) is 25.5 Å². The molecular formula is C25H50N2. The number of unbranched alkanes of at least 4 members (excludes halogenated alkanes) is 13. The monoisotopic (exact) mass is 378 g/mol. The summed E-state index contributed by atoms with van der Waals surface area (Å²) in [5, 5.41) is 0. The fourth-order valence-corrected chi connectivity index (χ4v) is 4.20. The molecule has 2 heteroatoms. The van der Waals surface area contributed by atoms with Crippen molar-refractivity contribution >= 4 is 0 Å². The van der Waals surface area contributed by atoms with E-state index in [-0.39, 0.29) is 0 Å². The number of hydrogen-bond donors (Lipinski definition) is 0. The molecule has 0 saturated heterocycles. The highest BCUT2D eigenvalue weighted by Gasteiger charge is 2.24. The Hall–Kier alpha value is -0.660. The topological polar surface area (TPSA) is 6.48 Å². The van der Waals surface area contributed by atoms with Gasteiger partial charge in [-0.1, -0.05) is 104 Å². The van der Waals surface area contributed by atoms with Crippen LogP contribution >= 0.6 is 0 Å². The zero-order chi connectivity index (χ0) is 19.6. The first-order valence-electron chi connectivity index (χ1n) is 12.5. The summed E-state index contributed by atoms with van der Waals surface area (Å²) in [5.41, 5.74) is 0. The number of hydrogen-bond acceptors (Lipinski definition) is 2. The van der Waals surface area contributed by atoms with E-state index in [0.29, 0.717) is 6.17 Å². The van der Waals surface area contributed by atoms with Crippen LogP contribution in [0.4, 0.5) is 0 Å². The maximum atomic E-state index is 2.63. The quantitative estimate of drug-likeness (QED) is 0.209. The highest BCUT2D eigenvalue weighted by atomic mass is 15.4. The Kier molecular flexibility index (Phi) is 15.7. The molecular weight excluding hydrogens is 328 g/mol. The van der Waals surface area contributed by atoms with E-state index in [1.165, 1.54) is 122 Å². The fraction of sp³-hybridized carbons (Fsp3) is 0.920. The molecule has 1 atom stereocenters. The van der Waals surface area contributed by atoms with Crippen molar-refractivity contribution in [2.75, 3.05) is 13.1 Å². The second-order valence-corrected chi connectivity index (χ2v) is 8.64. The van der Waals surface area contributed by atoms with Crippen molar-refractivity contribution in [3.05, 3.63) is 12.4 Å². The number of nitrogens with zero attached hydrogens (tertiary/aromatic N) is 2. The van der Waals surface area contributed by atoms with Gasteiger partial charge in [0.05, 0.1) is 0 Å². The lowest BCUT2D eigenvalue weighted by atomic mass is 10.1. The van der Waals surface area contributed by atoms with Crippen LogP contribution in [-0.2, 0) is 0 Å². The third-order valence-electron chi connectivity index (χ3n) is 6.07. The lowest BCUT2D eigenvalue weighted by molar-refractivity contribution is 0.137. The molecule has 0 bridgehead atoms. The Morgan fingerprint density at radius 3 is 1.37 bits per heavy atom. The lowest BCUT2D eigenvalue weighted by Crippen LogP contribution is -2.39. The van der Waals surface area contributed by atoms with Crippen LogP contribution in [0.2, 0.25) is 0 Å². The van der Waals surface area contributed by atoms with Crippen molar-refractivity contribution in [2.24, 2.45) is 0 Å². The van der Waals surface area contributed by atoms with Gasteiger partial charge < -0.3 is 9.80 Å². The second kappa shape index (κ2) is 17.4. The van der Waals surface area contributed by atoms with E-state index in [9.17, 15) is 0 Å². The molecule has 0 N–H and O–H groups in total. The Balaban J connectivity index is 2.03. The van der Waals surface area contributed by atoms with Crippen LogP contribution in [0.15, 0.2) is 12.4 Å². The van der Waals surface area contributed by atoms with Crippen molar-refractivity contribution in [3.63, 3.8) is 0 Å². The van der Waals surface area contributed by atoms with E-state index in [0.717, 1.165) is 0 Å². The average molecular weight is 379 g/mol. The van der Waals surface area contributed by atoms with Gasteiger partial charge in [0.1, 0.15) is 6.17 Å². The molecule has 0 saturated carbocycles. The Bertz CT molecular complexity index is 339. The molecule has 160 valence electrons. The van der Waals surface area contributed by atoms with Crippen molar-refractivity contribution in [1.82, 2.24) is 9.80 Å². The van der Waals surface area contributed by atoms with Crippen LogP contribution in [-0.4, -0.2) is 29.1 Å². The Labute approximate surface area is 171 Å². The van der Waals surface area contributed by atoms with Gasteiger partial charge in [-0.2, -0.15) is 0 Å². The summed E-state index contributed by atoms with van der Waals surface area (Å²) < 4.78 is 0. The predicted octanol–water partition coefficient (Wildman–Crippen LogP) is 8.09. The highest BCUT2D eigenvalue weighted by molar-refractivity contribution is 4.96. The predicted molar refractivity (Wildman–Crippen MR) is 122 cm³/mol. The molecule has 0 aromatic carbocycles. The first-order chi connectivity index (χ1) is 13.3. The maximum Gasteiger partial charge on any atom is 0.101 e. The van der Waals surface area contributed by atoms with E-state index >= 15 is 0 Å². The van der Waals surface area contributed by atoms with Crippen LogP contribution in [0, 0.1) is 0 Å². The molecule has 0 spiro atoms. The molecule has 1 heterocycles. The molecule has 0 fully saturated rings. The molecule has 0 aromatic heterocycles. The van der Waals surface area contributed by atoms with Crippen LogP contribution in [0.1, 0.15) is 130 Å². The summed E-state index contributed by atoms with van der Waals surface area (Å²) in [6.07, 6.45) is 29.2. The maximum absolute atomic E-state index is 2.63. The van der Waals surface area contributed by atoms with Crippen LogP contribution in [0.5, 0.6) is 0 Å². The van der Waals surface area contributed by atoms with Crippen LogP contribution in [0.3, 0.4) is 0 Å². The minimum Gasteiger partial charge on any atom is -0.356 e. The Morgan fingerprint density at radius 1 is 0.481 bits per heavy atom. The van der Waals surface area contributed by atoms with Gasteiger partial charge in [0.15, 0.2) is 0 Å². The van der Waals surface area contributed by atoms with Gasteiger partial charge in [0.25, 0.3) is 0 Å². The first kappa shape index (κ1) is 24.4. The largest absolute Gasteiger partial charge is 0.356 e. The summed E-state index contributed by atoms with van der Waals surface area (Å²) in [6.45, 7) is 9.40. The normalized spacial score (nSPS) is 16.6. The van der Waals surface area contributed by atoms with Crippen molar-refractivity contribution in [2.45, 2.75) is 136 Å². The lowest BCUT2D eigenvalue weighted by Gasteiger charge is -2.33. The van der Waals surface area contributed by atoms with Gasteiger partial charge in [0.2, 0.25) is 0 Å². The van der Waals surface area contributed by atoms with Crippen molar-refractivity contribution in [3.8, 4) is 0 Å². The summed E-state index contributed by atoms with van der Waals surface area (Å²) in [6, 6.07) is 0. The molecule has 1 unspecified atom stereocenters. The van der Waals surface area contributed by atoms with Crippen LogP contribution in [0.25, 0.3) is 0 Å². The molecule has 1 aliphatic heterocycles. The van der Waals surface area contributed by atoms with E-state index < -0.39 is 0 Å². The summed E-state index contributed by atoms with van der Waals surface area (Å²) in [5.74, 6) is 0. The van der Waals surface area contributed by atoms with E-state index in [1.807, 2.05) is 0 Å². The Morgan fingerprint density at radius 2 is 0.889 bits per heavy atom. The molecule has 0 radical (unpaired) electrons. The molecule has 0 aromatic rings. The third-order valence-corrected chi connectivity index (χ3v) is 6.07. The zero-order valence-electron chi connectivity index (χ0n) is 19.1. The van der Waals surface area contributed by atoms with Crippen molar-refractivity contribution in [1.29, 1.82) is 0 Å². The van der Waals surface area contributed by atoms with Crippen LogP contribution < -0.4 is 0 Å². The van der Waals surface area contributed by atoms with Gasteiger partial charge in [-0.25, -0.2) is 0 Å². The summed E-state index contributed by atoms with van der Waals surface area (Å²) in [7, 11) is 0. The van der Waals surface area contributed by atoms with Gasteiger partial charge in [-0.05, 0) is 25.7 Å². The molecule has 27 heavy (non-hydrogen) atoms. The first-order valence-corrected chi connectivity index (χ1v) is 12.5. The van der Waals surface area contributed by atoms with E-state index in [2.05, 4.69) is 43.0 Å². The molecule has 1 rings (SSSR count). The summed E-state index contributed by atoms with van der Waals surface area (Å²) >= 11 is 0. The average Bonchev–Trinajstić information content (AvgIpc) is 3.07. The van der Waals surface area contributed by atoms with Gasteiger partial charge >= 0.3 is 0 Å². The molecule has 2 nitrogen and oxygen atoms in total. The highest BCUT2D eigenvalue weighted by Crippen LogP contribution is 2.22. The minimum atomic E-state index is 0.643. The third kappa shape index (κ3) is 11.7. The molecule has 1 aliphatic rings. The molecule has 0 aliphatic carbocycles.